The maximum atomic E-state index is 11.6. The number of nitrogens with zero attached hydrogens (tertiary/aromatic N) is 3. The van der Waals surface area contributed by atoms with Gasteiger partial charge >= 0.3 is 5.97 Å². The van der Waals surface area contributed by atoms with Crippen molar-refractivity contribution in [1.29, 1.82) is 0 Å². The smallest absolute Gasteiger partial charge is 0.339 e. The number of esters is 1. The number of carbonyl (C=O) groups excluding carboxylic acids is 1. The molecule has 27 heavy (non-hydrogen) atoms. The molecule has 0 spiro atoms. The minimum Gasteiger partial charge on any atom is -0.760 e. The number of aromatic nitrogens is 1. The highest BCUT2D eigenvalue weighted by Crippen LogP contribution is 2.25. The van der Waals surface area contributed by atoms with E-state index < -0.39 is 17.2 Å². The van der Waals surface area contributed by atoms with Gasteiger partial charge in [0.2, 0.25) is 0 Å². The number of fused-ring (bicyclic) bond motifs is 1. The molecule has 2 heterocycles. The summed E-state index contributed by atoms with van der Waals surface area (Å²) < 4.78 is 29.3. The third-order valence-corrected chi connectivity index (χ3v) is 5.40. The van der Waals surface area contributed by atoms with Gasteiger partial charge in [0.1, 0.15) is 0 Å². The fourth-order valence-electron chi connectivity index (χ4n) is 3.28. The molecule has 0 bridgehead atoms. The van der Waals surface area contributed by atoms with Crippen LogP contribution in [0.1, 0.15) is 32.7 Å². The van der Waals surface area contributed by atoms with E-state index in [0.29, 0.717) is 24.2 Å². The van der Waals surface area contributed by atoms with Gasteiger partial charge < -0.3 is 9.29 Å². The Morgan fingerprint density at radius 3 is 2.81 bits per heavy atom. The molecule has 0 saturated carbocycles. The third-order valence-electron chi connectivity index (χ3n) is 4.66. The number of methoxy groups -OCH3 is 1. The van der Waals surface area contributed by atoms with E-state index in [-0.39, 0.29) is 6.54 Å². The van der Waals surface area contributed by atoms with E-state index in [2.05, 4.69) is 33.8 Å². The van der Waals surface area contributed by atoms with E-state index in [1.807, 2.05) is 6.07 Å². The number of carbonyl (C=O) groups is 1. The highest BCUT2D eigenvalue weighted by Gasteiger charge is 2.19. The first-order valence-corrected chi connectivity index (χ1v) is 9.67. The van der Waals surface area contributed by atoms with E-state index in [0.717, 1.165) is 13.1 Å². The molecule has 1 aromatic carbocycles. The van der Waals surface area contributed by atoms with Gasteiger partial charge in [0.25, 0.3) is 0 Å². The van der Waals surface area contributed by atoms with E-state index in [1.165, 1.54) is 34.3 Å². The average molecular weight is 388 g/mol. The van der Waals surface area contributed by atoms with Crippen LogP contribution in [-0.2, 0) is 42.1 Å². The zero-order valence-electron chi connectivity index (χ0n) is 15.4. The molecule has 7 nitrogen and oxygen atoms in total. The molecular weight excluding hydrogens is 366 g/mol. The molecule has 1 aliphatic rings. The molecule has 3 rings (SSSR count). The van der Waals surface area contributed by atoms with Gasteiger partial charge in [-0.3, -0.25) is 14.1 Å². The van der Waals surface area contributed by atoms with Crippen molar-refractivity contribution in [3.05, 3.63) is 64.5 Å². The van der Waals surface area contributed by atoms with Crippen LogP contribution in [0.2, 0.25) is 0 Å². The van der Waals surface area contributed by atoms with Crippen LogP contribution in [0.15, 0.2) is 36.5 Å². The molecule has 2 aromatic rings. The first kappa shape index (κ1) is 19.6. The monoisotopic (exact) mass is 388 g/mol. The molecule has 1 aliphatic heterocycles. The predicted molar refractivity (Wildman–Crippen MR) is 100 cm³/mol. The Bertz CT molecular complexity index is 841. The Balaban J connectivity index is 1.66. The topological polar surface area (TPSA) is 85.8 Å². The van der Waals surface area contributed by atoms with Gasteiger partial charge in [0.15, 0.2) is 0 Å². The largest absolute Gasteiger partial charge is 0.760 e. The van der Waals surface area contributed by atoms with Crippen molar-refractivity contribution in [3.63, 3.8) is 0 Å². The summed E-state index contributed by atoms with van der Waals surface area (Å²) >= 11 is -2.36. The molecule has 144 valence electrons. The van der Waals surface area contributed by atoms with Crippen molar-refractivity contribution in [1.82, 2.24) is 14.2 Å². The van der Waals surface area contributed by atoms with Crippen LogP contribution in [-0.4, -0.2) is 49.6 Å². The normalized spacial score (nSPS) is 15.0. The first-order valence-electron chi connectivity index (χ1n) is 8.63. The zero-order chi connectivity index (χ0) is 19.4. The number of pyridine rings is 1. The van der Waals surface area contributed by atoms with Gasteiger partial charge in [-0.2, -0.15) is 0 Å². The lowest BCUT2D eigenvalue weighted by Crippen LogP contribution is -2.28. The fourth-order valence-corrected chi connectivity index (χ4v) is 3.76. The number of benzene rings is 1. The minimum atomic E-state index is -2.36. The van der Waals surface area contributed by atoms with Gasteiger partial charge in [-0.1, -0.05) is 18.2 Å². The number of rotatable bonds is 7. The second kappa shape index (κ2) is 8.71. The predicted octanol–water partition coefficient (Wildman–Crippen LogP) is 1.65. The molecule has 0 fully saturated rings. The van der Waals surface area contributed by atoms with Gasteiger partial charge in [0, 0.05) is 37.1 Å². The zero-order valence-corrected chi connectivity index (χ0v) is 16.2. The van der Waals surface area contributed by atoms with E-state index in [9.17, 15) is 13.6 Å². The second-order valence-electron chi connectivity index (χ2n) is 6.59. The van der Waals surface area contributed by atoms with Gasteiger partial charge in [-0.15, -0.1) is 0 Å². The summed E-state index contributed by atoms with van der Waals surface area (Å²) in [6, 6.07) is 9.44. The summed E-state index contributed by atoms with van der Waals surface area (Å²) in [6.45, 7) is 2.35. The van der Waals surface area contributed by atoms with Crippen molar-refractivity contribution >= 4 is 17.2 Å². The van der Waals surface area contributed by atoms with Crippen molar-refractivity contribution in [2.24, 2.45) is 0 Å². The van der Waals surface area contributed by atoms with E-state index >= 15 is 0 Å². The molecule has 1 unspecified atom stereocenters. The maximum Gasteiger partial charge on any atom is 0.339 e. The first-order chi connectivity index (χ1) is 13.0. The maximum absolute atomic E-state index is 11.6. The Morgan fingerprint density at radius 2 is 2.15 bits per heavy atom. The molecule has 1 aromatic heterocycles. The van der Waals surface area contributed by atoms with Crippen LogP contribution in [0.5, 0.6) is 0 Å². The van der Waals surface area contributed by atoms with E-state index in [1.54, 1.807) is 12.1 Å². The number of ether oxygens (including phenoxy) is 1. The van der Waals surface area contributed by atoms with Gasteiger partial charge in [-0.05, 0) is 42.3 Å². The average Bonchev–Trinajstić information content (AvgIpc) is 3.05. The lowest BCUT2D eigenvalue weighted by atomic mass is 10.0. The molecule has 0 amide bonds. The number of hydrogen-bond donors (Lipinski definition) is 0. The molecule has 8 heteroatoms. The summed E-state index contributed by atoms with van der Waals surface area (Å²) in [7, 11) is 3.38. The van der Waals surface area contributed by atoms with Crippen LogP contribution >= 0.6 is 0 Å². The molecule has 0 N–H and O–H groups in total. The summed E-state index contributed by atoms with van der Waals surface area (Å²) in [4.78, 5) is 17.9. The fraction of sp³-hybridized carbons (Fsp3) is 0.368. The second-order valence-corrected chi connectivity index (χ2v) is 7.54. The summed E-state index contributed by atoms with van der Waals surface area (Å²) in [5.41, 5.74) is 4.70. The lowest BCUT2D eigenvalue weighted by Gasteiger charge is -2.24. The summed E-state index contributed by atoms with van der Waals surface area (Å²) in [5, 5.41) is 0. The van der Waals surface area contributed by atoms with Crippen LogP contribution < -0.4 is 0 Å². The van der Waals surface area contributed by atoms with Crippen LogP contribution in [0, 0.1) is 0 Å². The quantitative estimate of drug-likeness (QED) is 0.530. The summed E-state index contributed by atoms with van der Waals surface area (Å²) in [6.07, 6.45) is 2.04. The Kier molecular flexibility index (Phi) is 6.33. The van der Waals surface area contributed by atoms with Crippen LogP contribution in [0.3, 0.4) is 0 Å². The molecule has 0 radical (unpaired) electrons. The van der Waals surface area contributed by atoms with E-state index in [4.69, 9.17) is 0 Å². The molecular formula is C19H22N3O4S-. The lowest BCUT2D eigenvalue weighted by molar-refractivity contribution is 0.0600. The Morgan fingerprint density at radius 1 is 1.33 bits per heavy atom. The number of hydrogen-bond acceptors (Lipinski definition) is 6. The van der Waals surface area contributed by atoms with Crippen molar-refractivity contribution in [2.45, 2.75) is 26.1 Å². The highest BCUT2D eigenvalue weighted by molar-refractivity contribution is 7.76. The molecule has 1 atom stereocenters. The van der Waals surface area contributed by atoms with Crippen LogP contribution in [0.25, 0.3) is 0 Å². The SMILES string of the molecule is COC(=O)c1ccc(CN(CCc2cccc3c2CN(C)C3)S(=O)[O-])nc1. The van der Waals surface area contributed by atoms with Crippen molar-refractivity contribution < 1.29 is 18.3 Å². The molecule has 0 saturated heterocycles. The highest BCUT2D eigenvalue weighted by atomic mass is 32.2. The van der Waals surface area contributed by atoms with Gasteiger partial charge in [-0.25, -0.2) is 9.10 Å². The Hall–Kier alpha value is -2.13. The third kappa shape index (κ3) is 4.78. The minimum absolute atomic E-state index is 0.159. The molecule has 0 aliphatic carbocycles. The van der Waals surface area contributed by atoms with Gasteiger partial charge in [0.05, 0.1) is 24.9 Å². The van der Waals surface area contributed by atoms with Crippen molar-refractivity contribution in [2.75, 3.05) is 20.7 Å². The summed E-state index contributed by atoms with van der Waals surface area (Å²) in [5.74, 6) is -0.471. The Labute approximate surface area is 161 Å². The van der Waals surface area contributed by atoms with Crippen molar-refractivity contribution in [3.8, 4) is 0 Å². The standard InChI is InChI=1S/C19H23N3O4S/c1-21-11-16-5-3-4-14(18(16)13-21)8-9-22(27(24)25)12-17-7-6-15(10-20-17)19(23)26-2/h3-7,10H,8-9,11-13H2,1-2H3,(H,24,25)/p-1. The van der Waals surface area contributed by atoms with Crippen LogP contribution in [0.4, 0.5) is 0 Å².